The van der Waals surface area contributed by atoms with E-state index in [0.717, 1.165) is 0 Å². The first kappa shape index (κ1) is 17.2. The van der Waals surface area contributed by atoms with Gasteiger partial charge < -0.3 is 0 Å². The second-order valence-corrected chi connectivity index (χ2v) is 3.62. The molecule has 0 rings (SSSR count). The van der Waals surface area contributed by atoms with Crippen LogP contribution in [0.25, 0.3) is 0 Å². The maximum absolute atomic E-state index is 2.24. The maximum Gasteiger partial charge on any atom is -0.0385 e. The molecule has 0 fully saturated rings. The van der Waals surface area contributed by atoms with Crippen molar-refractivity contribution in [2.24, 2.45) is 5.41 Å². The van der Waals surface area contributed by atoms with E-state index in [1.54, 1.807) is 0 Å². The Labute approximate surface area is 74.4 Å². The lowest BCUT2D eigenvalue weighted by Crippen LogP contribution is -2.00. The zero-order chi connectivity index (χ0) is 9.91. The fourth-order valence-corrected chi connectivity index (χ4v) is 0. The first-order chi connectivity index (χ1) is 4.97. The predicted octanol–water partition coefficient (Wildman–Crippen LogP) is 4.89. The lowest BCUT2D eigenvalue weighted by Gasteiger charge is -2.12. The van der Waals surface area contributed by atoms with Gasteiger partial charge in [0, 0.05) is 0 Å². The molecule has 0 bridgehead atoms. The molecular weight excluding hydrogens is 132 g/mol. The Morgan fingerprint density at radius 3 is 0.909 bits per heavy atom. The van der Waals surface area contributed by atoms with Crippen LogP contribution in [0.15, 0.2) is 0 Å². The third-order valence-electron chi connectivity index (χ3n) is 1.06. The van der Waals surface area contributed by atoms with Gasteiger partial charge in [0.25, 0.3) is 0 Å². The van der Waals surface area contributed by atoms with E-state index in [2.05, 4.69) is 41.5 Å². The predicted molar refractivity (Wildman–Crippen MR) is 57.1 cm³/mol. The molecule has 0 aliphatic carbocycles. The molecule has 0 atom stereocenters. The van der Waals surface area contributed by atoms with Crippen LogP contribution in [0.2, 0.25) is 0 Å². The molecular formula is C11H28. The second-order valence-electron chi connectivity index (χ2n) is 3.62. The molecule has 0 aromatic heterocycles. The SMILES string of the molecule is CC.CCC.CCC(C)(C)C. The van der Waals surface area contributed by atoms with Crippen LogP contribution in [-0.4, -0.2) is 0 Å². The summed E-state index contributed by atoms with van der Waals surface area (Å²) in [6.07, 6.45) is 2.52. The molecule has 0 heteroatoms. The van der Waals surface area contributed by atoms with Crippen molar-refractivity contribution >= 4 is 0 Å². The number of hydrogen-bond donors (Lipinski definition) is 0. The van der Waals surface area contributed by atoms with Crippen LogP contribution in [0, 0.1) is 5.41 Å². The van der Waals surface area contributed by atoms with Crippen molar-refractivity contribution in [1.29, 1.82) is 0 Å². The highest BCUT2D eigenvalue weighted by Crippen LogP contribution is 2.16. The summed E-state index contributed by atoms with van der Waals surface area (Å²) < 4.78 is 0. The van der Waals surface area contributed by atoms with Crippen LogP contribution >= 0.6 is 0 Å². The molecule has 0 spiro atoms. The van der Waals surface area contributed by atoms with Crippen LogP contribution in [0.3, 0.4) is 0 Å². The average molecular weight is 160 g/mol. The highest BCUT2D eigenvalue weighted by atomic mass is 14.1. The Hall–Kier alpha value is 0. The van der Waals surface area contributed by atoms with Gasteiger partial charge in [0.05, 0.1) is 0 Å². The Morgan fingerprint density at radius 2 is 0.909 bits per heavy atom. The van der Waals surface area contributed by atoms with Crippen LogP contribution in [0.4, 0.5) is 0 Å². The maximum atomic E-state index is 2.24. The highest BCUT2D eigenvalue weighted by molar-refractivity contribution is 4.55. The van der Waals surface area contributed by atoms with Gasteiger partial charge in [-0.2, -0.15) is 0 Å². The largest absolute Gasteiger partial charge is 0.0683 e. The van der Waals surface area contributed by atoms with Gasteiger partial charge in [0.1, 0.15) is 0 Å². The van der Waals surface area contributed by atoms with Crippen molar-refractivity contribution in [2.45, 2.75) is 68.2 Å². The summed E-state index contributed by atoms with van der Waals surface area (Å²) in [6, 6.07) is 0. The lowest BCUT2D eigenvalue weighted by molar-refractivity contribution is 0.398. The van der Waals surface area contributed by atoms with Crippen LogP contribution in [0.5, 0.6) is 0 Å². The van der Waals surface area contributed by atoms with E-state index < -0.39 is 0 Å². The Bertz CT molecular complexity index is 38.5. The van der Waals surface area contributed by atoms with Crippen molar-refractivity contribution in [1.82, 2.24) is 0 Å². The molecule has 72 valence electrons. The molecule has 0 aliphatic heterocycles. The molecule has 0 saturated heterocycles. The molecule has 0 amide bonds. The molecule has 11 heavy (non-hydrogen) atoms. The van der Waals surface area contributed by atoms with Gasteiger partial charge in [-0.3, -0.25) is 0 Å². The standard InChI is InChI=1S/C6H14.C3H8.C2H6/c1-5-6(2,3)4;1-3-2;1-2/h5H2,1-4H3;3H2,1-2H3;1-2H3. The second kappa shape index (κ2) is 12.7. The van der Waals surface area contributed by atoms with E-state index in [0.29, 0.717) is 5.41 Å². The van der Waals surface area contributed by atoms with E-state index in [1.807, 2.05) is 13.8 Å². The minimum atomic E-state index is 0.542. The first-order valence-electron chi connectivity index (χ1n) is 4.97. The van der Waals surface area contributed by atoms with Gasteiger partial charge in [-0.25, -0.2) is 0 Å². The van der Waals surface area contributed by atoms with Crippen molar-refractivity contribution in [3.8, 4) is 0 Å². The summed E-state index contributed by atoms with van der Waals surface area (Å²) in [5.41, 5.74) is 0.542. The van der Waals surface area contributed by atoms with Crippen molar-refractivity contribution in [2.75, 3.05) is 0 Å². The number of rotatable bonds is 0. The van der Waals surface area contributed by atoms with Gasteiger partial charge in [-0.15, -0.1) is 0 Å². The molecule has 0 N–H and O–H groups in total. The lowest BCUT2D eigenvalue weighted by atomic mass is 9.94. The summed E-state index contributed by atoms with van der Waals surface area (Å²) in [5, 5.41) is 0. The summed E-state index contributed by atoms with van der Waals surface area (Å²) in [5.74, 6) is 0. The first-order valence-corrected chi connectivity index (χ1v) is 4.97. The molecule has 0 radical (unpaired) electrons. The van der Waals surface area contributed by atoms with E-state index in [1.165, 1.54) is 12.8 Å². The molecule has 0 aromatic rings. The van der Waals surface area contributed by atoms with E-state index in [4.69, 9.17) is 0 Å². The Balaban J connectivity index is -0.000000109. The fourth-order valence-electron chi connectivity index (χ4n) is 0. The van der Waals surface area contributed by atoms with Crippen molar-refractivity contribution < 1.29 is 0 Å². The van der Waals surface area contributed by atoms with Crippen LogP contribution in [0.1, 0.15) is 68.2 Å². The minimum Gasteiger partial charge on any atom is -0.0683 e. The molecule has 0 saturated carbocycles. The van der Waals surface area contributed by atoms with Gasteiger partial charge in [0.2, 0.25) is 0 Å². The van der Waals surface area contributed by atoms with E-state index >= 15 is 0 Å². The van der Waals surface area contributed by atoms with Crippen LogP contribution in [-0.2, 0) is 0 Å². The summed E-state index contributed by atoms with van der Waals surface area (Å²) >= 11 is 0. The smallest absolute Gasteiger partial charge is 0.0385 e. The topological polar surface area (TPSA) is 0 Å². The molecule has 0 unspecified atom stereocenters. The quantitative estimate of drug-likeness (QED) is 0.473. The van der Waals surface area contributed by atoms with Gasteiger partial charge in [-0.05, 0) is 5.41 Å². The summed E-state index contributed by atoms with van der Waals surface area (Å²) in [4.78, 5) is 0. The molecule has 0 nitrogen and oxygen atoms in total. The fraction of sp³-hybridized carbons (Fsp3) is 1.00. The Kier molecular flexibility index (Phi) is 19.8. The average Bonchev–Trinajstić information content (AvgIpc) is 1.93. The Morgan fingerprint density at radius 1 is 0.818 bits per heavy atom. The third-order valence-corrected chi connectivity index (χ3v) is 1.06. The van der Waals surface area contributed by atoms with Crippen molar-refractivity contribution in [3.05, 3.63) is 0 Å². The van der Waals surface area contributed by atoms with Crippen molar-refractivity contribution in [3.63, 3.8) is 0 Å². The van der Waals surface area contributed by atoms with Gasteiger partial charge >= 0.3 is 0 Å². The summed E-state index contributed by atoms with van der Waals surface area (Å²) in [6.45, 7) is 17.2. The zero-order valence-electron chi connectivity index (χ0n) is 9.91. The molecule has 0 heterocycles. The van der Waals surface area contributed by atoms with Crippen LogP contribution < -0.4 is 0 Å². The van der Waals surface area contributed by atoms with Gasteiger partial charge in [0.15, 0.2) is 0 Å². The van der Waals surface area contributed by atoms with E-state index in [-0.39, 0.29) is 0 Å². The van der Waals surface area contributed by atoms with E-state index in [9.17, 15) is 0 Å². The molecule has 0 aromatic carbocycles. The highest BCUT2D eigenvalue weighted by Gasteiger charge is 2.03. The molecule has 0 aliphatic rings. The monoisotopic (exact) mass is 160 g/mol. The normalized spacial score (nSPS) is 8.73. The number of hydrogen-bond acceptors (Lipinski definition) is 0. The zero-order valence-corrected chi connectivity index (χ0v) is 9.91. The summed E-state index contributed by atoms with van der Waals surface area (Å²) in [7, 11) is 0. The third kappa shape index (κ3) is 71.1. The van der Waals surface area contributed by atoms with Gasteiger partial charge in [-0.1, -0.05) is 68.2 Å². The minimum absolute atomic E-state index is 0.542.